The fourth-order valence-corrected chi connectivity index (χ4v) is 4.05. The summed E-state index contributed by atoms with van der Waals surface area (Å²) < 4.78 is 18.4. The minimum atomic E-state index is -0.164. The largest absolute Gasteiger partial charge is 0.497 e. The Balaban J connectivity index is 1.44. The lowest BCUT2D eigenvalue weighted by atomic mass is 10.0. The molecule has 0 saturated carbocycles. The molecule has 26 heavy (non-hydrogen) atoms. The summed E-state index contributed by atoms with van der Waals surface area (Å²) in [5.41, 5.74) is 3.73. The van der Waals surface area contributed by atoms with Crippen LogP contribution in [0, 0.1) is 5.82 Å². The van der Waals surface area contributed by atoms with Gasteiger partial charge < -0.3 is 9.72 Å². The van der Waals surface area contributed by atoms with Crippen molar-refractivity contribution in [3.8, 4) is 5.75 Å². The van der Waals surface area contributed by atoms with Gasteiger partial charge in [-0.25, -0.2) is 4.39 Å². The Kier molecular flexibility index (Phi) is 4.93. The maximum absolute atomic E-state index is 13.1. The minimum absolute atomic E-state index is 0.164. The Morgan fingerprint density at radius 2 is 2.04 bits per heavy atom. The molecular weight excluding hydrogens is 327 g/mol. The fraction of sp³-hybridized carbons (Fsp3) is 0.364. The van der Waals surface area contributed by atoms with E-state index in [9.17, 15) is 4.39 Å². The first-order valence-corrected chi connectivity index (χ1v) is 9.35. The third kappa shape index (κ3) is 3.61. The summed E-state index contributed by atoms with van der Waals surface area (Å²) in [7, 11) is 1.71. The van der Waals surface area contributed by atoms with Crippen molar-refractivity contribution in [3.05, 3.63) is 65.6 Å². The molecule has 4 rings (SSSR count). The van der Waals surface area contributed by atoms with Crippen LogP contribution in [-0.4, -0.2) is 36.1 Å². The Hall–Kier alpha value is -2.33. The molecule has 1 N–H and O–H groups in total. The van der Waals surface area contributed by atoms with Crippen molar-refractivity contribution in [2.45, 2.75) is 31.7 Å². The van der Waals surface area contributed by atoms with Crippen LogP contribution >= 0.6 is 0 Å². The van der Waals surface area contributed by atoms with E-state index in [-0.39, 0.29) is 5.82 Å². The summed E-state index contributed by atoms with van der Waals surface area (Å²) in [6.45, 7) is 2.18. The van der Waals surface area contributed by atoms with Crippen LogP contribution in [0.3, 0.4) is 0 Å². The van der Waals surface area contributed by atoms with Crippen molar-refractivity contribution in [2.24, 2.45) is 0 Å². The van der Waals surface area contributed by atoms with Gasteiger partial charge in [0, 0.05) is 29.7 Å². The summed E-state index contributed by atoms with van der Waals surface area (Å²) in [4.78, 5) is 5.97. The van der Waals surface area contributed by atoms with Gasteiger partial charge in [0.2, 0.25) is 0 Å². The van der Waals surface area contributed by atoms with E-state index >= 15 is 0 Å². The number of hydrogen-bond acceptors (Lipinski definition) is 2. The lowest BCUT2D eigenvalue weighted by molar-refractivity contribution is 0.256. The molecule has 1 saturated heterocycles. The van der Waals surface area contributed by atoms with Crippen molar-refractivity contribution < 1.29 is 9.13 Å². The second-order valence-corrected chi connectivity index (χ2v) is 7.14. The predicted octanol–water partition coefficient (Wildman–Crippen LogP) is 4.57. The summed E-state index contributed by atoms with van der Waals surface area (Å²) in [5.74, 6) is 0.737. The van der Waals surface area contributed by atoms with Gasteiger partial charge in [-0.15, -0.1) is 0 Å². The molecule has 136 valence electrons. The Morgan fingerprint density at radius 1 is 1.19 bits per heavy atom. The molecule has 0 aliphatic carbocycles. The third-order valence-electron chi connectivity index (χ3n) is 5.53. The van der Waals surface area contributed by atoms with Crippen LogP contribution in [0.5, 0.6) is 5.75 Å². The van der Waals surface area contributed by atoms with Crippen LogP contribution in [0.2, 0.25) is 0 Å². The lowest BCUT2D eigenvalue weighted by Gasteiger charge is -2.24. The van der Waals surface area contributed by atoms with Crippen molar-refractivity contribution >= 4 is 10.9 Å². The normalized spacial score (nSPS) is 17.8. The van der Waals surface area contributed by atoms with Crippen LogP contribution < -0.4 is 4.74 Å². The number of nitrogens with zero attached hydrogens (tertiary/aromatic N) is 1. The van der Waals surface area contributed by atoms with E-state index in [1.807, 2.05) is 18.2 Å². The zero-order chi connectivity index (χ0) is 17.9. The first-order chi connectivity index (χ1) is 12.7. The molecular formula is C22H25FN2O. The van der Waals surface area contributed by atoms with E-state index in [0.29, 0.717) is 6.04 Å². The maximum Gasteiger partial charge on any atom is 0.123 e. The quantitative estimate of drug-likeness (QED) is 0.704. The van der Waals surface area contributed by atoms with Crippen molar-refractivity contribution in [2.75, 3.05) is 20.2 Å². The van der Waals surface area contributed by atoms with Gasteiger partial charge in [-0.1, -0.05) is 12.1 Å². The molecule has 3 aromatic rings. The predicted molar refractivity (Wildman–Crippen MR) is 103 cm³/mol. The monoisotopic (exact) mass is 352 g/mol. The Bertz CT molecular complexity index is 871. The number of nitrogens with one attached hydrogen (secondary N) is 1. The molecule has 1 aliphatic heterocycles. The van der Waals surface area contributed by atoms with Crippen LogP contribution in [0.1, 0.15) is 24.0 Å². The van der Waals surface area contributed by atoms with Crippen LogP contribution in [0.4, 0.5) is 4.39 Å². The molecule has 3 nitrogen and oxygen atoms in total. The molecule has 1 aliphatic rings. The highest BCUT2D eigenvalue weighted by Gasteiger charge is 2.25. The summed E-state index contributed by atoms with van der Waals surface area (Å²) in [6.07, 6.45) is 6.65. The molecule has 2 heterocycles. The van der Waals surface area contributed by atoms with Crippen LogP contribution in [0.25, 0.3) is 10.9 Å². The number of benzene rings is 2. The zero-order valence-corrected chi connectivity index (χ0v) is 15.2. The van der Waals surface area contributed by atoms with Gasteiger partial charge >= 0.3 is 0 Å². The molecule has 4 heteroatoms. The van der Waals surface area contributed by atoms with Gasteiger partial charge in [-0.05, 0) is 73.7 Å². The van der Waals surface area contributed by atoms with E-state index in [1.54, 1.807) is 19.2 Å². The number of aromatic amines is 1. The van der Waals surface area contributed by atoms with E-state index in [2.05, 4.69) is 28.2 Å². The highest BCUT2D eigenvalue weighted by molar-refractivity contribution is 5.84. The number of methoxy groups -OCH3 is 1. The number of rotatable bonds is 6. The SMILES string of the molecule is COc1ccc2[nH]cc(CC3CCCN3CCc3ccc(F)cc3)c2c1. The number of fused-ring (bicyclic) bond motifs is 1. The molecule has 1 fully saturated rings. The summed E-state index contributed by atoms with van der Waals surface area (Å²) in [6, 6.07) is 13.7. The Labute approximate surface area is 153 Å². The van der Waals surface area contributed by atoms with Crippen molar-refractivity contribution in [1.82, 2.24) is 9.88 Å². The molecule has 1 aromatic heterocycles. The molecule has 0 amide bonds. The van der Waals surface area contributed by atoms with Gasteiger partial charge in [0.15, 0.2) is 0 Å². The topological polar surface area (TPSA) is 28.3 Å². The van der Waals surface area contributed by atoms with E-state index < -0.39 is 0 Å². The second-order valence-electron chi connectivity index (χ2n) is 7.14. The number of halogens is 1. The van der Waals surface area contributed by atoms with E-state index in [0.717, 1.165) is 37.2 Å². The van der Waals surface area contributed by atoms with Gasteiger partial charge in [-0.2, -0.15) is 0 Å². The fourth-order valence-electron chi connectivity index (χ4n) is 4.05. The average Bonchev–Trinajstić information content (AvgIpc) is 3.28. The second kappa shape index (κ2) is 7.50. The van der Waals surface area contributed by atoms with E-state index in [1.165, 1.54) is 29.4 Å². The first kappa shape index (κ1) is 17.1. The average molecular weight is 352 g/mol. The van der Waals surface area contributed by atoms with Gasteiger partial charge in [0.25, 0.3) is 0 Å². The molecule has 0 radical (unpaired) electrons. The van der Waals surface area contributed by atoms with Crippen LogP contribution in [0.15, 0.2) is 48.7 Å². The number of likely N-dealkylation sites (tertiary alicyclic amines) is 1. The molecule has 2 aromatic carbocycles. The molecule has 1 unspecified atom stereocenters. The molecule has 0 bridgehead atoms. The zero-order valence-electron chi connectivity index (χ0n) is 15.2. The highest BCUT2D eigenvalue weighted by atomic mass is 19.1. The minimum Gasteiger partial charge on any atom is -0.497 e. The van der Waals surface area contributed by atoms with Gasteiger partial charge in [0.05, 0.1) is 7.11 Å². The number of ether oxygens (including phenoxy) is 1. The number of H-pyrrole nitrogens is 1. The Morgan fingerprint density at radius 3 is 2.85 bits per heavy atom. The molecule has 0 spiro atoms. The maximum atomic E-state index is 13.1. The first-order valence-electron chi connectivity index (χ1n) is 9.35. The van der Waals surface area contributed by atoms with Gasteiger partial charge in [-0.3, -0.25) is 4.90 Å². The summed E-state index contributed by atoms with van der Waals surface area (Å²) in [5, 5.41) is 1.26. The number of aromatic nitrogens is 1. The van der Waals surface area contributed by atoms with Crippen LogP contribution in [-0.2, 0) is 12.8 Å². The standard InChI is InChI=1S/C22H25FN2O/c1-26-20-8-9-22-21(14-20)17(15-24-22)13-19-3-2-11-25(19)12-10-16-4-6-18(23)7-5-16/h4-9,14-15,19,24H,2-3,10-13H2,1H3. The molecule has 1 atom stereocenters. The van der Waals surface area contributed by atoms with E-state index in [4.69, 9.17) is 4.74 Å². The van der Waals surface area contributed by atoms with Crippen molar-refractivity contribution in [3.63, 3.8) is 0 Å². The van der Waals surface area contributed by atoms with Crippen molar-refractivity contribution in [1.29, 1.82) is 0 Å². The third-order valence-corrected chi connectivity index (χ3v) is 5.53. The summed E-state index contributed by atoms with van der Waals surface area (Å²) >= 11 is 0. The highest BCUT2D eigenvalue weighted by Crippen LogP contribution is 2.28. The number of hydrogen-bond donors (Lipinski definition) is 1. The smallest absolute Gasteiger partial charge is 0.123 e. The lowest BCUT2D eigenvalue weighted by Crippen LogP contribution is -2.32. The van der Waals surface area contributed by atoms with Gasteiger partial charge in [0.1, 0.15) is 11.6 Å².